The highest BCUT2D eigenvalue weighted by Crippen LogP contribution is 2.36. The Morgan fingerprint density at radius 2 is 2.07 bits per heavy atom. The molecule has 2 atom stereocenters. The Labute approximate surface area is 175 Å². The van der Waals surface area contributed by atoms with Gasteiger partial charge in [-0.1, -0.05) is 6.07 Å². The van der Waals surface area contributed by atoms with E-state index in [1.54, 1.807) is 29.9 Å². The van der Waals surface area contributed by atoms with Crippen molar-refractivity contribution in [3.05, 3.63) is 83.3 Å². The van der Waals surface area contributed by atoms with Gasteiger partial charge in [0, 0.05) is 11.6 Å². The van der Waals surface area contributed by atoms with Gasteiger partial charge in [-0.25, -0.2) is 23.1 Å². The van der Waals surface area contributed by atoms with Gasteiger partial charge < -0.3 is 9.52 Å². The van der Waals surface area contributed by atoms with E-state index in [9.17, 15) is 13.9 Å². The van der Waals surface area contributed by atoms with E-state index >= 15 is 0 Å². The van der Waals surface area contributed by atoms with Crippen LogP contribution in [-0.4, -0.2) is 34.2 Å². The molecule has 30 heavy (non-hydrogen) atoms. The number of halogens is 2. The van der Waals surface area contributed by atoms with Crippen molar-refractivity contribution in [2.75, 3.05) is 0 Å². The van der Waals surface area contributed by atoms with Crippen molar-refractivity contribution in [2.24, 2.45) is 0 Å². The number of aliphatic hydroxyl groups is 1. The lowest BCUT2D eigenvalue weighted by atomic mass is 9.86. The van der Waals surface area contributed by atoms with E-state index in [2.05, 4.69) is 15.2 Å². The van der Waals surface area contributed by atoms with Gasteiger partial charge in [0.2, 0.25) is 0 Å². The van der Waals surface area contributed by atoms with Gasteiger partial charge in [0.25, 0.3) is 0 Å². The minimum Gasteiger partial charge on any atom is -0.467 e. The third-order valence-electron chi connectivity index (χ3n) is 4.99. The molecule has 8 nitrogen and oxygen atoms in total. The molecular weight excluding hydrogens is 414 g/mol. The van der Waals surface area contributed by atoms with E-state index in [1.165, 1.54) is 34.4 Å². The quantitative estimate of drug-likeness (QED) is 0.452. The van der Waals surface area contributed by atoms with Crippen LogP contribution in [-0.2, 0) is 18.7 Å². The molecule has 0 spiro atoms. The number of furan rings is 1. The van der Waals surface area contributed by atoms with Crippen molar-refractivity contribution >= 4 is 12.2 Å². The topological polar surface area (TPSA) is 86.8 Å². The van der Waals surface area contributed by atoms with Crippen molar-refractivity contribution in [3.8, 4) is 0 Å². The molecule has 0 unspecified atom stereocenters. The van der Waals surface area contributed by atoms with E-state index in [1.807, 2.05) is 0 Å². The molecule has 3 heterocycles. The van der Waals surface area contributed by atoms with Crippen molar-refractivity contribution in [1.82, 2.24) is 29.1 Å². The number of aromatic nitrogens is 6. The molecular formula is C19H18F2N6O2S. The average Bonchev–Trinajstić information content (AvgIpc) is 3.46. The van der Waals surface area contributed by atoms with Crippen molar-refractivity contribution in [3.63, 3.8) is 0 Å². The number of nitrogens with zero attached hydrogens (tertiary/aromatic N) is 6. The van der Waals surface area contributed by atoms with Crippen molar-refractivity contribution in [1.29, 1.82) is 0 Å². The summed E-state index contributed by atoms with van der Waals surface area (Å²) in [5.74, 6) is -0.946. The van der Waals surface area contributed by atoms with Gasteiger partial charge in [-0.05, 0) is 37.3 Å². The first-order valence-electron chi connectivity index (χ1n) is 9.05. The molecule has 156 valence electrons. The Balaban J connectivity index is 1.75. The zero-order valence-electron chi connectivity index (χ0n) is 15.9. The monoisotopic (exact) mass is 432 g/mol. The predicted molar refractivity (Wildman–Crippen MR) is 104 cm³/mol. The van der Waals surface area contributed by atoms with Gasteiger partial charge in [-0.3, -0.25) is 4.57 Å². The van der Waals surface area contributed by atoms with Gasteiger partial charge >= 0.3 is 0 Å². The molecule has 0 fully saturated rings. The summed E-state index contributed by atoms with van der Waals surface area (Å²) < 4.78 is 38.3. The summed E-state index contributed by atoms with van der Waals surface area (Å²) in [6.07, 6.45) is 5.77. The molecule has 0 saturated carbocycles. The predicted octanol–water partition coefficient (Wildman–Crippen LogP) is 3.07. The maximum atomic E-state index is 14.7. The van der Waals surface area contributed by atoms with Gasteiger partial charge in [0.05, 0.1) is 25.4 Å². The maximum absolute atomic E-state index is 14.7. The van der Waals surface area contributed by atoms with Crippen LogP contribution in [0.15, 0.2) is 60.0 Å². The Morgan fingerprint density at radius 3 is 2.73 bits per heavy atom. The highest BCUT2D eigenvalue weighted by atomic mass is 32.1. The van der Waals surface area contributed by atoms with Crippen LogP contribution in [0.25, 0.3) is 0 Å². The molecule has 11 heteroatoms. The van der Waals surface area contributed by atoms with Crippen LogP contribution in [0, 0.1) is 16.4 Å². The smallest absolute Gasteiger partial charge is 0.198 e. The number of hydrogen-bond donors (Lipinski definition) is 1. The maximum Gasteiger partial charge on any atom is 0.198 e. The summed E-state index contributed by atoms with van der Waals surface area (Å²) in [6.45, 7) is 1.86. The molecule has 0 aliphatic rings. The fourth-order valence-corrected chi connectivity index (χ4v) is 3.66. The van der Waals surface area contributed by atoms with E-state index in [0.29, 0.717) is 17.1 Å². The third-order valence-corrected chi connectivity index (χ3v) is 5.41. The molecule has 4 aromatic rings. The van der Waals surface area contributed by atoms with E-state index < -0.39 is 23.3 Å². The molecule has 1 N–H and O–H groups in total. The number of benzene rings is 1. The van der Waals surface area contributed by atoms with Gasteiger partial charge in [0.1, 0.15) is 42.0 Å². The van der Waals surface area contributed by atoms with Crippen molar-refractivity contribution in [2.45, 2.75) is 31.7 Å². The fourth-order valence-electron chi connectivity index (χ4n) is 3.34. The average molecular weight is 432 g/mol. The van der Waals surface area contributed by atoms with Crippen LogP contribution in [0.1, 0.15) is 24.3 Å². The summed E-state index contributed by atoms with van der Waals surface area (Å²) in [4.78, 5) is 3.86. The summed E-state index contributed by atoms with van der Waals surface area (Å²) in [5.41, 5.74) is -1.96. The van der Waals surface area contributed by atoms with Crippen LogP contribution >= 0.6 is 12.2 Å². The molecule has 3 aromatic heterocycles. The molecule has 0 radical (unpaired) electrons. The Bertz CT molecular complexity index is 1190. The van der Waals surface area contributed by atoms with E-state index in [-0.39, 0.29) is 12.1 Å². The molecule has 4 rings (SSSR count). The Morgan fingerprint density at radius 1 is 1.23 bits per heavy atom. The van der Waals surface area contributed by atoms with Crippen LogP contribution in [0.2, 0.25) is 0 Å². The molecule has 0 amide bonds. The zero-order valence-corrected chi connectivity index (χ0v) is 16.7. The van der Waals surface area contributed by atoms with Crippen molar-refractivity contribution < 1.29 is 18.3 Å². The van der Waals surface area contributed by atoms with Gasteiger partial charge in [-0.15, -0.1) is 0 Å². The molecule has 0 aliphatic carbocycles. The minimum atomic E-state index is -1.85. The second-order valence-corrected chi connectivity index (χ2v) is 7.25. The lowest BCUT2D eigenvalue weighted by Crippen LogP contribution is -2.41. The first kappa shape index (κ1) is 20.1. The largest absolute Gasteiger partial charge is 0.467 e. The first-order valence-corrected chi connectivity index (χ1v) is 9.46. The number of hydrogen-bond acceptors (Lipinski definition) is 6. The number of rotatable bonds is 7. The summed E-state index contributed by atoms with van der Waals surface area (Å²) in [6, 6.07) is 5.76. The summed E-state index contributed by atoms with van der Waals surface area (Å²) >= 11 is 5.52. The third kappa shape index (κ3) is 3.68. The van der Waals surface area contributed by atoms with Gasteiger partial charge in [0.15, 0.2) is 4.77 Å². The second kappa shape index (κ2) is 7.92. The zero-order chi connectivity index (χ0) is 21.3. The van der Waals surface area contributed by atoms with Crippen LogP contribution in [0.5, 0.6) is 0 Å². The Hall–Kier alpha value is -3.18. The standard InChI is InChI=1S/C19H18F2N6O2S/c1-13(27-18(30)25(12-24-27)8-15-3-2-6-29-15)19(28,9-26-11-22-10-23-26)16-5-4-14(20)7-17(16)21/h2-7,10-13,28H,8-9H2,1H3/t13-,19-/m1/s1. The molecule has 0 aliphatic heterocycles. The van der Waals surface area contributed by atoms with Crippen LogP contribution < -0.4 is 0 Å². The first-order chi connectivity index (χ1) is 14.4. The Kier molecular flexibility index (Phi) is 5.31. The molecule has 0 saturated heterocycles. The van der Waals surface area contributed by atoms with Crippen LogP contribution in [0.3, 0.4) is 0 Å². The summed E-state index contributed by atoms with van der Waals surface area (Å²) in [5, 5.41) is 20.0. The summed E-state index contributed by atoms with van der Waals surface area (Å²) in [7, 11) is 0. The highest BCUT2D eigenvalue weighted by Gasteiger charge is 2.41. The highest BCUT2D eigenvalue weighted by molar-refractivity contribution is 7.71. The van der Waals surface area contributed by atoms with E-state index in [0.717, 1.165) is 12.1 Å². The minimum absolute atomic E-state index is 0.102. The fraction of sp³-hybridized carbons (Fsp3) is 0.263. The lowest BCUT2D eigenvalue weighted by molar-refractivity contribution is -0.0375. The van der Waals surface area contributed by atoms with Gasteiger partial charge in [-0.2, -0.15) is 10.2 Å². The second-order valence-electron chi connectivity index (χ2n) is 6.88. The lowest BCUT2D eigenvalue weighted by Gasteiger charge is -2.34. The van der Waals surface area contributed by atoms with E-state index in [4.69, 9.17) is 16.6 Å². The SMILES string of the molecule is C[C@@H](n1ncn(Cc2ccco2)c1=S)[C@](O)(Cn1cncn1)c1ccc(F)cc1F. The van der Waals surface area contributed by atoms with Crippen LogP contribution in [0.4, 0.5) is 8.78 Å². The molecule has 0 bridgehead atoms. The molecule has 1 aromatic carbocycles. The normalized spacial score (nSPS) is 14.5.